The Morgan fingerprint density at radius 1 is 1.45 bits per heavy atom. The molecule has 4 N–H and O–H groups in total. The number of allylic oxidation sites excluding steroid dienone is 1. The molecule has 1 aromatic carbocycles. The lowest BCUT2D eigenvalue weighted by Crippen LogP contribution is -2.32. The van der Waals surface area contributed by atoms with Gasteiger partial charge < -0.3 is 20.5 Å². The van der Waals surface area contributed by atoms with Crippen LogP contribution in [-0.2, 0) is 14.3 Å². The number of benzene rings is 1. The first-order chi connectivity index (χ1) is 14.8. The number of carbonyl (C=O) groups excluding carboxylic acids is 1. The number of nitrogens with two attached hydrogens (primary N) is 1. The van der Waals surface area contributed by atoms with Crippen molar-refractivity contribution in [3.8, 4) is 0 Å². The third-order valence-corrected chi connectivity index (χ3v) is 5.32. The maximum atomic E-state index is 13.1. The van der Waals surface area contributed by atoms with Gasteiger partial charge in [0.15, 0.2) is 0 Å². The number of anilines is 2. The molecule has 2 atom stereocenters. The molecule has 0 radical (unpaired) electrons. The van der Waals surface area contributed by atoms with Gasteiger partial charge in [0, 0.05) is 24.4 Å². The van der Waals surface area contributed by atoms with E-state index in [1.807, 2.05) is 0 Å². The highest BCUT2D eigenvalue weighted by atomic mass is 16.6. The van der Waals surface area contributed by atoms with Crippen LogP contribution >= 0.6 is 0 Å². The van der Waals surface area contributed by atoms with Crippen molar-refractivity contribution in [3.63, 3.8) is 0 Å². The Kier molecular flexibility index (Phi) is 5.42. The number of nitro benzene ring substituents is 1. The van der Waals surface area contributed by atoms with E-state index in [0.29, 0.717) is 17.9 Å². The van der Waals surface area contributed by atoms with E-state index in [1.165, 1.54) is 18.2 Å². The number of carbonyl (C=O) groups is 1. The van der Waals surface area contributed by atoms with Crippen molar-refractivity contribution < 1.29 is 19.2 Å². The lowest BCUT2D eigenvalue weighted by atomic mass is 9.82. The minimum Gasteiger partial charge on any atom is -0.459 e. The molecule has 2 aromatic rings. The van der Waals surface area contributed by atoms with Gasteiger partial charge in [0.2, 0.25) is 5.95 Å². The molecule has 11 nitrogen and oxygen atoms in total. The minimum absolute atomic E-state index is 0.0838. The van der Waals surface area contributed by atoms with E-state index >= 15 is 0 Å². The maximum Gasteiger partial charge on any atom is 0.336 e. The summed E-state index contributed by atoms with van der Waals surface area (Å²) >= 11 is 0. The summed E-state index contributed by atoms with van der Waals surface area (Å²) in [5, 5.41) is 14.2. The fourth-order valence-electron chi connectivity index (χ4n) is 3.91. The molecule has 11 heteroatoms. The maximum absolute atomic E-state index is 13.1. The number of nitrogens with zero attached hydrogens (tertiary/aromatic N) is 2. The van der Waals surface area contributed by atoms with E-state index in [9.17, 15) is 19.7 Å². The number of hydrogen-bond acceptors (Lipinski definition) is 9. The Morgan fingerprint density at radius 2 is 2.26 bits per heavy atom. The standard InChI is InChI=1S/C20H21N5O6/c1-10-14(19(27)31-9-13-6-3-7-30-13)15(11-4-2-5-12(8-11)25(28)29)16-17(22-10)23-20(21)24-18(16)26/h2,4-5,8,13,15H,3,6-7,9H2,1H3,(H4,21,22,23,24,26)/t13-,15-/m0/s1. The molecule has 1 aromatic heterocycles. The number of hydrogen-bond donors (Lipinski definition) is 3. The number of esters is 1. The molecule has 0 unspecified atom stereocenters. The van der Waals surface area contributed by atoms with Gasteiger partial charge in [0.1, 0.15) is 12.4 Å². The summed E-state index contributed by atoms with van der Waals surface area (Å²) in [7, 11) is 0. The van der Waals surface area contributed by atoms with Gasteiger partial charge >= 0.3 is 5.97 Å². The first-order valence-electron chi connectivity index (χ1n) is 9.75. The fourth-order valence-corrected chi connectivity index (χ4v) is 3.91. The van der Waals surface area contributed by atoms with Gasteiger partial charge in [-0.05, 0) is 25.3 Å². The molecule has 4 rings (SSSR count). The quantitative estimate of drug-likeness (QED) is 0.367. The summed E-state index contributed by atoms with van der Waals surface area (Å²) in [6, 6.07) is 5.78. The third kappa shape index (κ3) is 3.99. The number of fused-ring (bicyclic) bond motifs is 1. The van der Waals surface area contributed by atoms with Crippen LogP contribution in [0, 0.1) is 10.1 Å². The molecule has 31 heavy (non-hydrogen) atoms. The highest BCUT2D eigenvalue weighted by molar-refractivity contribution is 5.94. The van der Waals surface area contributed by atoms with Crippen molar-refractivity contribution in [3.05, 3.63) is 67.1 Å². The molecule has 162 valence electrons. The number of nitrogen functional groups attached to an aromatic ring is 1. The highest BCUT2D eigenvalue weighted by Gasteiger charge is 2.37. The number of aromatic nitrogens is 2. The molecule has 1 fully saturated rings. The van der Waals surface area contributed by atoms with Crippen LogP contribution in [0.3, 0.4) is 0 Å². The normalized spacial score (nSPS) is 20.2. The molecule has 0 bridgehead atoms. The third-order valence-electron chi connectivity index (χ3n) is 5.32. The predicted molar refractivity (Wildman–Crippen MR) is 110 cm³/mol. The van der Waals surface area contributed by atoms with Crippen LogP contribution in [0.4, 0.5) is 17.5 Å². The number of nitro groups is 1. The van der Waals surface area contributed by atoms with E-state index in [-0.39, 0.29) is 41.3 Å². The second-order valence-electron chi connectivity index (χ2n) is 7.40. The average molecular weight is 427 g/mol. The van der Waals surface area contributed by atoms with Gasteiger partial charge in [0.05, 0.1) is 28.1 Å². The largest absolute Gasteiger partial charge is 0.459 e. The van der Waals surface area contributed by atoms with Gasteiger partial charge in [-0.2, -0.15) is 4.98 Å². The first kappa shape index (κ1) is 20.5. The van der Waals surface area contributed by atoms with Gasteiger partial charge in [-0.1, -0.05) is 12.1 Å². The molecule has 2 aliphatic heterocycles. The lowest BCUT2D eigenvalue weighted by Gasteiger charge is -2.28. The second-order valence-corrected chi connectivity index (χ2v) is 7.40. The van der Waals surface area contributed by atoms with E-state index in [1.54, 1.807) is 13.0 Å². The summed E-state index contributed by atoms with van der Waals surface area (Å²) in [5.41, 5.74) is 6.05. The van der Waals surface area contributed by atoms with Crippen molar-refractivity contribution in [1.29, 1.82) is 0 Å². The molecule has 3 heterocycles. The second kappa shape index (κ2) is 8.19. The molecular formula is C20H21N5O6. The van der Waals surface area contributed by atoms with Crippen LogP contribution in [0.15, 0.2) is 40.3 Å². The average Bonchev–Trinajstić information content (AvgIpc) is 3.24. The van der Waals surface area contributed by atoms with Gasteiger partial charge in [-0.25, -0.2) is 4.79 Å². The zero-order valence-electron chi connectivity index (χ0n) is 16.7. The number of rotatable bonds is 5. The Bertz CT molecular complexity index is 1140. The molecule has 1 saturated heterocycles. The molecule has 0 amide bonds. The van der Waals surface area contributed by atoms with Crippen LogP contribution in [0.2, 0.25) is 0 Å². The zero-order valence-corrected chi connectivity index (χ0v) is 16.7. The van der Waals surface area contributed by atoms with Gasteiger partial charge in [0.25, 0.3) is 11.2 Å². The van der Waals surface area contributed by atoms with E-state index in [0.717, 1.165) is 12.8 Å². The first-order valence-corrected chi connectivity index (χ1v) is 9.75. The van der Waals surface area contributed by atoms with Crippen LogP contribution in [-0.4, -0.2) is 40.2 Å². The summed E-state index contributed by atoms with van der Waals surface area (Å²) in [5.74, 6) is -1.47. The van der Waals surface area contributed by atoms with Crippen molar-refractivity contribution in [2.45, 2.75) is 31.8 Å². The van der Waals surface area contributed by atoms with Crippen LogP contribution in [0.25, 0.3) is 0 Å². The van der Waals surface area contributed by atoms with Crippen molar-refractivity contribution >= 4 is 23.4 Å². The van der Waals surface area contributed by atoms with Crippen molar-refractivity contribution in [1.82, 2.24) is 9.97 Å². The summed E-state index contributed by atoms with van der Waals surface area (Å²) < 4.78 is 11.0. The van der Waals surface area contributed by atoms with Crippen molar-refractivity contribution in [2.24, 2.45) is 0 Å². The Labute approximate surface area is 176 Å². The Morgan fingerprint density at radius 3 is 2.97 bits per heavy atom. The van der Waals surface area contributed by atoms with Gasteiger partial charge in [-0.15, -0.1) is 0 Å². The number of aromatic amines is 1. The summed E-state index contributed by atoms with van der Waals surface area (Å²) in [6.45, 7) is 2.35. The monoisotopic (exact) mass is 427 g/mol. The summed E-state index contributed by atoms with van der Waals surface area (Å²) in [4.78, 5) is 43.2. The molecule has 2 aliphatic rings. The predicted octanol–water partition coefficient (Wildman–Crippen LogP) is 1.81. The number of H-pyrrole nitrogens is 1. The molecule has 0 aliphatic carbocycles. The topological polar surface area (TPSA) is 162 Å². The SMILES string of the molecule is CC1=C(C(=O)OC[C@@H]2CCCO2)[C@H](c2cccc([N+](=O)[O-])c2)c2c(nc(N)[nH]c2=O)N1. The number of non-ortho nitro benzene ring substituents is 1. The minimum atomic E-state index is -0.926. The number of ether oxygens (including phenoxy) is 2. The fraction of sp³-hybridized carbons (Fsp3) is 0.350. The molecule has 0 saturated carbocycles. The highest BCUT2D eigenvalue weighted by Crippen LogP contribution is 2.40. The van der Waals surface area contributed by atoms with Crippen LogP contribution < -0.4 is 16.6 Å². The zero-order chi connectivity index (χ0) is 22.1. The molecular weight excluding hydrogens is 406 g/mol. The summed E-state index contributed by atoms with van der Waals surface area (Å²) in [6.07, 6.45) is 1.52. The Hall–Kier alpha value is -3.73. The van der Waals surface area contributed by atoms with Crippen LogP contribution in [0.1, 0.15) is 36.8 Å². The van der Waals surface area contributed by atoms with Crippen molar-refractivity contribution in [2.75, 3.05) is 24.3 Å². The number of nitrogens with one attached hydrogen (secondary N) is 2. The lowest BCUT2D eigenvalue weighted by molar-refractivity contribution is -0.384. The van der Waals surface area contributed by atoms with E-state index in [4.69, 9.17) is 15.2 Å². The van der Waals surface area contributed by atoms with Crippen LogP contribution in [0.5, 0.6) is 0 Å². The smallest absolute Gasteiger partial charge is 0.336 e. The Balaban J connectivity index is 1.79. The molecule has 0 spiro atoms. The van der Waals surface area contributed by atoms with E-state index < -0.39 is 22.4 Å². The van der Waals surface area contributed by atoms with E-state index in [2.05, 4.69) is 15.3 Å². The van der Waals surface area contributed by atoms with Gasteiger partial charge in [-0.3, -0.25) is 19.9 Å².